The van der Waals surface area contributed by atoms with Gasteiger partial charge in [-0.15, -0.1) is 0 Å². The van der Waals surface area contributed by atoms with Gasteiger partial charge in [-0.05, 0) is 25.0 Å². The van der Waals surface area contributed by atoms with Crippen molar-refractivity contribution in [3.63, 3.8) is 0 Å². The average molecular weight is 266 g/mol. The van der Waals surface area contributed by atoms with Crippen molar-refractivity contribution in [1.29, 1.82) is 0 Å². The molecule has 0 spiro atoms. The Hall–Kier alpha value is -1.09. The number of fused-ring (bicyclic) bond motifs is 1. The second-order valence-electron chi connectivity index (χ2n) is 5.38. The Morgan fingerprint density at radius 2 is 2.05 bits per heavy atom. The van der Waals surface area contributed by atoms with Gasteiger partial charge in [0, 0.05) is 18.1 Å². The number of rotatable bonds is 6. The van der Waals surface area contributed by atoms with Crippen LogP contribution < -0.4 is 4.74 Å². The van der Waals surface area contributed by atoms with Crippen LogP contribution in [0.5, 0.6) is 5.75 Å². The molecule has 1 N–H and O–H groups in total. The molecule has 1 aromatic carbocycles. The Kier molecular flexibility index (Phi) is 5.20. The van der Waals surface area contributed by atoms with Crippen LogP contribution in [0.4, 0.5) is 4.39 Å². The highest BCUT2D eigenvalue weighted by Gasteiger charge is 2.26. The van der Waals surface area contributed by atoms with E-state index in [-0.39, 0.29) is 11.9 Å². The summed E-state index contributed by atoms with van der Waals surface area (Å²) in [4.78, 5) is 0. The van der Waals surface area contributed by atoms with Gasteiger partial charge in [-0.2, -0.15) is 0 Å². The third kappa shape index (κ3) is 3.93. The predicted molar refractivity (Wildman–Crippen MR) is 73.8 cm³/mol. The van der Waals surface area contributed by atoms with Gasteiger partial charge in [0.1, 0.15) is 17.7 Å². The molecule has 1 unspecified atom stereocenters. The molecule has 3 heteroatoms. The zero-order chi connectivity index (χ0) is 13.7. The van der Waals surface area contributed by atoms with Crippen LogP contribution in [0.2, 0.25) is 0 Å². The Balaban J connectivity index is 1.86. The van der Waals surface area contributed by atoms with Crippen LogP contribution in [-0.2, 0) is 0 Å². The topological polar surface area (TPSA) is 29.5 Å². The van der Waals surface area contributed by atoms with Crippen LogP contribution in [0.25, 0.3) is 0 Å². The van der Waals surface area contributed by atoms with E-state index in [0.717, 1.165) is 12.8 Å². The minimum atomic E-state index is -0.523. The van der Waals surface area contributed by atoms with E-state index < -0.39 is 6.10 Å². The zero-order valence-electron chi connectivity index (χ0n) is 11.6. The summed E-state index contributed by atoms with van der Waals surface area (Å²) in [5, 5.41) is 10.1. The number of benzene rings is 1. The van der Waals surface area contributed by atoms with Gasteiger partial charge < -0.3 is 9.84 Å². The highest BCUT2D eigenvalue weighted by molar-refractivity contribution is 5.37. The lowest BCUT2D eigenvalue weighted by Gasteiger charge is -2.29. The standard InChI is InChI=1S/C16H23FO2/c1-2-3-4-5-6-7-13-11-15(18)14-9-8-12(17)10-16(14)19-13/h8-10,13,15,18H,2-7,11H2,1H3/t13?,15-/m1/s1. The van der Waals surface area contributed by atoms with Crippen LogP contribution in [0.3, 0.4) is 0 Å². The fraction of sp³-hybridized carbons (Fsp3) is 0.625. The fourth-order valence-electron chi connectivity index (χ4n) is 2.64. The molecule has 1 aromatic rings. The molecule has 106 valence electrons. The van der Waals surface area contributed by atoms with Crippen LogP contribution in [0.1, 0.15) is 63.5 Å². The summed E-state index contributed by atoms with van der Waals surface area (Å²) >= 11 is 0. The minimum Gasteiger partial charge on any atom is -0.490 e. The molecule has 0 saturated heterocycles. The first-order valence-electron chi connectivity index (χ1n) is 7.35. The fourth-order valence-corrected chi connectivity index (χ4v) is 2.64. The molecule has 0 radical (unpaired) electrons. The highest BCUT2D eigenvalue weighted by Crippen LogP contribution is 2.36. The summed E-state index contributed by atoms with van der Waals surface area (Å²) in [6, 6.07) is 4.37. The first-order chi connectivity index (χ1) is 9.20. The Morgan fingerprint density at radius 3 is 2.84 bits per heavy atom. The SMILES string of the molecule is CCCCCCCC1C[C@@H](O)c2ccc(F)cc2O1. The molecule has 0 saturated carbocycles. The number of ether oxygens (including phenoxy) is 1. The van der Waals surface area contributed by atoms with Gasteiger partial charge in [-0.3, -0.25) is 0 Å². The van der Waals surface area contributed by atoms with Crippen molar-refractivity contribution in [2.24, 2.45) is 0 Å². The minimum absolute atomic E-state index is 0.0194. The Bertz CT molecular complexity index is 406. The second-order valence-corrected chi connectivity index (χ2v) is 5.38. The number of halogens is 1. The van der Waals surface area contributed by atoms with Crippen LogP contribution in [-0.4, -0.2) is 11.2 Å². The maximum absolute atomic E-state index is 13.2. The lowest BCUT2D eigenvalue weighted by Crippen LogP contribution is -2.25. The van der Waals surface area contributed by atoms with Gasteiger partial charge in [0.15, 0.2) is 0 Å². The van der Waals surface area contributed by atoms with Crippen molar-refractivity contribution in [1.82, 2.24) is 0 Å². The molecule has 1 aliphatic rings. The molecule has 0 fully saturated rings. The van der Waals surface area contributed by atoms with Crippen LogP contribution in [0, 0.1) is 5.82 Å². The third-order valence-corrected chi connectivity index (χ3v) is 3.74. The maximum Gasteiger partial charge on any atom is 0.128 e. The number of aliphatic hydroxyl groups excluding tert-OH is 1. The third-order valence-electron chi connectivity index (χ3n) is 3.74. The Morgan fingerprint density at radius 1 is 1.26 bits per heavy atom. The number of aliphatic hydroxyl groups is 1. The number of unbranched alkanes of at least 4 members (excludes halogenated alkanes) is 4. The lowest BCUT2D eigenvalue weighted by molar-refractivity contribution is 0.0601. The smallest absolute Gasteiger partial charge is 0.128 e. The van der Waals surface area contributed by atoms with Crippen molar-refractivity contribution >= 4 is 0 Å². The first kappa shape index (κ1) is 14.3. The molecule has 1 aliphatic heterocycles. The Labute approximate surface area is 114 Å². The number of hydrogen-bond donors (Lipinski definition) is 1. The van der Waals surface area contributed by atoms with Crippen molar-refractivity contribution in [3.8, 4) is 5.75 Å². The van der Waals surface area contributed by atoms with E-state index in [1.807, 2.05) is 0 Å². The first-order valence-corrected chi connectivity index (χ1v) is 7.35. The number of hydrogen-bond acceptors (Lipinski definition) is 2. The van der Waals surface area contributed by atoms with E-state index in [1.165, 1.54) is 37.8 Å². The van der Waals surface area contributed by atoms with Gasteiger partial charge in [0.05, 0.1) is 6.10 Å². The van der Waals surface area contributed by atoms with Gasteiger partial charge in [0.25, 0.3) is 0 Å². The molecule has 0 amide bonds. The van der Waals surface area contributed by atoms with Gasteiger partial charge in [-0.25, -0.2) is 4.39 Å². The van der Waals surface area contributed by atoms with Crippen molar-refractivity contribution < 1.29 is 14.2 Å². The van der Waals surface area contributed by atoms with Crippen molar-refractivity contribution in [3.05, 3.63) is 29.6 Å². The summed E-state index contributed by atoms with van der Waals surface area (Å²) in [6.07, 6.45) is 7.16. The summed E-state index contributed by atoms with van der Waals surface area (Å²) in [5.74, 6) is 0.201. The van der Waals surface area contributed by atoms with E-state index in [4.69, 9.17) is 4.74 Å². The molecule has 1 heterocycles. The molecule has 2 atom stereocenters. The summed E-state index contributed by atoms with van der Waals surface area (Å²) in [5.41, 5.74) is 0.712. The molecular weight excluding hydrogens is 243 g/mol. The van der Waals surface area contributed by atoms with E-state index >= 15 is 0 Å². The molecule has 2 rings (SSSR count). The highest BCUT2D eigenvalue weighted by atomic mass is 19.1. The monoisotopic (exact) mass is 266 g/mol. The molecular formula is C16H23FO2. The van der Waals surface area contributed by atoms with Crippen LogP contribution >= 0.6 is 0 Å². The van der Waals surface area contributed by atoms with Gasteiger partial charge in [-0.1, -0.05) is 32.6 Å². The zero-order valence-corrected chi connectivity index (χ0v) is 11.6. The van der Waals surface area contributed by atoms with E-state index in [0.29, 0.717) is 17.7 Å². The van der Waals surface area contributed by atoms with Gasteiger partial charge in [0.2, 0.25) is 0 Å². The maximum atomic E-state index is 13.2. The van der Waals surface area contributed by atoms with E-state index in [2.05, 4.69) is 6.92 Å². The molecule has 0 bridgehead atoms. The van der Waals surface area contributed by atoms with Crippen LogP contribution in [0.15, 0.2) is 18.2 Å². The molecule has 19 heavy (non-hydrogen) atoms. The van der Waals surface area contributed by atoms with Gasteiger partial charge >= 0.3 is 0 Å². The van der Waals surface area contributed by atoms with Crippen molar-refractivity contribution in [2.45, 2.75) is 64.1 Å². The largest absolute Gasteiger partial charge is 0.490 e. The predicted octanol–water partition coefficient (Wildman–Crippen LogP) is 4.37. The van der Waals surface area contributed by atoms with E-state index in [9.17, 15) is 9.50 Å². The second kappa shape index (κ2) is 6.90. The van der Waals surface area contributed by atoms with Crippen molar-refractivity contribution in [2.75, 3.05) is 0 Å². The van der Waals surface area contributed by atoms with E-state index in [1.54, 1.807) is 6.07 Å². The quantitative estimate of drug-likeness (QED) is 0.775. The summed E-state index contributed by atoms with van der Waals surface area (Å²) < 4.78 is 19.0. The lowest BCUT2D eigenvalue weighted by atomic mass is 9.96. The molecule has 0 aromatic heterocycles. The molecule has 0 aliphatic carbocycles. The molecule has 2 nitrogen and oxygen atoms in total. The summed E-state index contributed by atoms with van der Waals surface area (Å²) in [6.45, 7) is 2.20. The normalized spacial score (nSPS) is 21.8. The average Bonchev–Trinajstić information content (AvgIpc) is 2.38. The summed E-state index contributed by atoms with van der Waals surface area (Å²) in [7, 11) is 0.